The molecule has 25 heavy (non-hydrogen) atoms. The molecular formula is C17H18BrNO5S. The number of rotatable bonds is 8. The highest BCUT2D eigenvalue weighted by atomic mass is 79.9. The van der Waals surface area contributed by atoms with E-state index >= 15 is 0 Å². The Morgan fingerprint density at radius 1 is 1.12 bits per heavy atom. The maximum absolute atomic E-state index is 12.0. The van der Waals surface area contributed by atoms with Crippen LogP contribution in [-0.2, 0) is 19.6 Å². The fourth-order valence-electron chi connectivity index (χ4n) is 1.88. The fourth-order valence-corrected chi connectivity index (χ4v) is 3.22. The maximum atomic E-state index is 12.0. The minimum Gasteiger partial charge on any atom is -0.490 e. The van der Waals surface area contributed by atoms with Gasteiger partial charge in [-0.3, -0.25) is 4.79 Å². The first-order chi connectivity index (χ1) is 11.9. The molecule has 0 aromatic heterocycles. The van der Waals surface area contributed by atoms with Crippen molar-refractivity contribution in [2.24, 2.45) is 0 Å². The van der Waals surface area contributed by atoms with Crippen molar-refractivity contribution in [3.05, 3.63) is 58.6 Å². The first kappa shape index (κ1) is 19.4. The largest absolute Gasteiger partial charge is 0.490 e. The van der Waals surface area contributed by atoms with E-state index < -0.39 is 22.5 Å². The highest BCUT2D eigenvalue weighted by Gasteiger charge is 2.15. The molecule has 1 N–H and O–H groups in total. The van der Waals surface area contributed by atoms with Crippen LogP contribution in [0.1, 0.15) is 5.56 Å². The van der Waals surface area contributed by atoms with Crippen LogP contribution in [0.3, 0.4) is 0 Å². The lowest BCUT2D eigenvalue weighted by Crippen LogP contribution is -2.31. The molecule has 6 nitrogen and oxygen atoms in total. The number of carbonyl (C=O) groups excluding carboxylic acids is 1. The lowest BCUT2D eigenvalue weighted by molar-refractivity contribution is -0.142. The lowest BCUT2D eigenvalue weighted by atomic mass is 10.2. The van der Waals surface area contributed by atoms with Gasteiger partial charge in [-0.25, -0.2) is 8.42 Å². The molecular weight excluding hydrogens is 410 g/mol. The Hall–Kier alpha value is -1.90. The van der Waals surface area contributed by atoms with Gasteiger partial charge < -0.3 is 9.47 Å². The molecule has 0 bridgehead atoms. The summed E-state index contributed by atoms with van der Waals surface area (Å²) in [6.45, 7) is 1.62. The average molecular weight is 428 g/mol. The van der Waals surface area contributed by atoms with Crippen LogP contribution in [0.25, 0.3) is 0 Å². The predicted octanol–water partition coefficient (Wildman–Crippen LogP) is 2.66. The zero-order valence-corrected chi connectivity index (χ0v) is 16.0. The number of hydrogen-bond acceptors (Lipinski definition) is 5. The van der Waals surface area contributed by atoms with Gasteiger partial charge in [0.05, 0.1) is 4.90 Å². The number of aryl methyl sites for hydroxylation is 1. The first-order valence-electron chi connectivity index (χ1n) is 7.47. The van der Waals surface area contributed by atoms with E-state index in [0.29, 0.717) is 5.75 Å². The molecule has 0 saturated carbocycles. The van der Waals surface area contributed by atoms with Crippen LogP contribution in [0.4, 0.5) is 0 Å². The zero-order valence-electron chi connectivity index (χ0n) is 13.6. The van der Waals surface area contributed by atoms with Crippen LogP contribution in [-0.4, -0.2) is 34.1 Å². The number of carbonyl (C=O) groups is 1. The van der Waals surface area contributed by atoms with E-state index in [-0.39, 0.29) is 18.1 Å². The van der Waals surface area contributed by atoms with E-state index in [1.807, 2.05) is 19.1 Å². The number of hydrogen-bond donors (Lipinski definition) is 1. The minimum atomic E-state index is -3.74. The molecule has 0 atom stereocenters. The summed E-state index contributed by atoms with van der Waals surface area (Å²) in [5, 5.41) is 0. The number of esters is 1. The zero-order chi connectivity index (χ0) is 18.3. The van der Waals surface area contributed by atoms with Crippen molar-refractivity contribution in [3.63, 3.8) is 0 Å². The molecule has 2 aromatic rings. The quantitative estimate of drug-likeness (QED) is 0.517. The van der Waals surface area contributed by atoms with Gasteiger partial charge in [0, 0.05) is 4.47 Å². The maximum Gasteiger partial charge on any atom is 0.321 e. The molecule has 0 heterocycles. The second-order valence-corrected chi connectivity index (χ2v) is 7.85. The predicted molar refractivity (Wildman–Crippen MR) is 97.0 cm³/mol. The summed E-state index contributed by atoms with van der Waals surface area (Å²) in [7, 11) is -3.74. The van der Waals surface area contributed by atoms with Crippen molar-refractivity contribution in [1.29, 1.82) is 0 Å². The van der Waals surface area contributed by atoms with E-state index in [9.17, 15) is 13.2 Å². The van der Waals surface area contributed by atoms with Crippen molar-refractivity contribution in [1.82, 2.24) is 4.72 Å². The molecule has 0 radical (unpaired) electrons. The SMILES string of the molecule is Cc1ccc(S(=O)(=O)NCC(=O)OCCOc2cccc(Br)c2)cc1. The number of ether oxygens (including phenoxy) is 2. The molecule has 0 aliphatic rings. The molecule has 0 saturated heterocycles. The Balaban J connectivity index is 1.72. The standard InChI is InChI=1S/C17H18BrNO5S/c1-13-5-7-16(8-6-13)25(21,22)19-12-17(20)24-10-9-23-15-4-2-3-14(18)11-15/h2-8,11,19H,9-10,12H2,1H3. The molecule has 0 amide bonds. The van der Waals surface area contributed by atoms with Crippen LogP contribution in [0.15, 0.2) is 57.9 Å². The fraction of sp³-hybridized carbons (Fsp3) is 0.235. The first-order valence-corrected chi connectivity index (χ1v) is 9.75. The summed E-state index contributed by atoms with van der Waals surface area (Å²) in [6.07, 6.45) is 0. The number of sulfonamides is 1. The van der Waals surface area contributed by atoms with Gasteiger partial charge in [-0.05, 0) is 37.3 Å². The third-order valence-electron chi connectivity index (χ3n) is 3.15. The Labute approximate surface area is 155 Å². The monoisotopic (exact) mass is 427 g/mol. The second-order valence-electron chi connectivity index (χ2n) is 5.16. The van der Waals surface area contributed by atoms with Crippen molar-refractivity contribution >= 4 is 31.9 Å². The molecule has 134 valence electrons. The average Bonchev–Trinajstić information content (AvgIpc) is 2.57. The van der Waals surface area contributed by atoms with Crippen molar-refractivity contribution < 1.29 is 22.7 Å². The summed E-state index contributed by atoms with van der Waals surface area (Å²) >= 11 is 3.33. The second kappa shape index (κ2) is 8.98. The molecule has 0 spiro atoms. The van der Waals surface area contributed by atoms with E-state index in [0.717, 1.165) is 10.0 Å². The highest BCUT2D eigenvalue weighted by molar-refractivity contribution is 9.10. The van der Waals surface area contributed by atoms with Crippen molar-refractivity contribution in [2.75, 3.05) is 19.8 Å². The molecule has 0 fully saturated rings. The normalized spacial score (nSPS) is 11.1. The molecule has 2 rings (SSSR count). The smallest absolute Gasteiger partial charge is 0.321 e. The Kier molecular flexibility index (Phi) is 6.98. The number of nitrogens with one attached hydrogen (secondary N) is 1. The van der Waals surface area contributed by atoms with Crippen LogP contribution < -0.4 is 9.46 Å². The number of benzene rings is 2. The van der Waals surface area contributed by atoms with Gasteiger partial charge in [0.1, 0.15) is 25.5 Å². The number of halogens is 1. The van der Waals surface area contributed by atoms with E-state index in [1.54, 1.807) is 24.3 Å². The van der Waals surface area contributed by atoms with E-state index in [2.05, 4.69) is 20.7 Å². The molecule has 2 aromatic carbocycles. The van der Waals surface area contributed by atoms with Crippen molar-refractivity contribution in [2.45, 2.75) is 11.8 Å². The van der Waals surface area contributed by atoms with Crippen LogP contribution in [0.5, 0.6) is 5.75 Å². The summed E-state index contributed by atoms with van der Waals surface area (Å²) in [5.74, 6) is -0.0287. The Morgan fingerprint density at radius 2 is 1.84 bits per heavy atom. The molecule has 8 heteroatoms. The Morgan fingerprint density at radius 3 is 2.52 bits per heavy atom. The molecule has 0 aliphatic carbocycles. The van der Waals surface area contributed by atoms with Crippen molar-refractivity contribution in [3.8, 4) is 5.75 Å². The summed E-state index contributed by atoms with van der Waals surface area (Å²) in [5.41, 5.74) is 0.948. The van der Waals surface area contributed by atoms with Gasteiger partial charge in [0.15, 0.2) is 0 Å². The topological polar surface area (TPSA) is 81.7 Å². The van der Waals surface area contributed by atoms with Crippen LogP contribution >= 0.6 is 15.9 Å². The molecule has 0 unspecified atom stereocenters. The summed E-state index contributed by atoms with van der Waals surface area (Å²) in [4.78, 5) is 11.7. The van der Waals surface area contributed by atoms with E-state index in [1.165, 1.54) is 12.1 Å². The van der Waals surface area contributed by atoms with Crippen LogP contribution in [0.2, 0.25) is 0 Å². The van der Waals surface area contributed by atoms with Gasteiger partial charge in [-0.1, -0.05) is 39.7 Å². The Bertz CT molecular complexity index is 821. The van der Waals surface area contributed by atoms with Gasteiger partial charge >= 0.3 is 5.97 Å². The van der Waals surface area contributed by atoms with E-state index in [4.69, 9.17) is 9.47 Å². The summed E-state index contributed by atoms with van der Waals surface area (Å²) in [6, 6.07) is 13.6. The minimum absolute atomic E-state index is 0.0254. The van der Waals surface area contributed by atoms with Gasteiger partial charge in [0.25, 0.3) is 0 Å². The van der Waals surface area contributed by atoms with Gasteiger partial charge in [-0.2, -0.15) is 4.72 Å². The lowest BCUT2D eigenvalue weighted by Gasteiger charge is -2.09. The van der Waals surface area contributed by atoms with Crippen LogP contribution in [0, 0.1) is 6.92 Å². The van der Waals surface area contributed by atoms with Gasteiger partial charge in [-0.15, -0.1) is 0 Å². The molecule has 0 aliphatic heterocycles. The third-order valence-corrected chi connectivity index (χ3v) is 5.06. The van der Waals surface area contributed by atoms with Gasteiger partial charge in [0.2, 0.25) is 10.0 Å². The summed E-state index contributed by atoms with van der Waals surface area (Å²) < 4.78 is 37.5. The highest BCUT2D eigenvalue weighted by Crippen LogP contribution is 2.17. The third kappa shape index (κ3) is 6.49.